The summed E-state index contributed by atoms with van der Waals surface area (Å²) in [5.41, 5.74) is 0.580. The number of carbonyl (C=O) groups is 2. The zero-order valence-corrected chi connectivity index (χ0v) is 17.1. The van der Waals surface area contributed by atoms with E-state index >= 15 is 0 Å². The van der Waals surface area contributed by atoms with E-state index in [9.17, 15) is 9.59 Å². The Morgan fingerprint density at radius 2 is 1.93 bits per heavy atom. The molecule has 5 nitrogen and oxygen atoms in total. The minimum absolute atomic E-state index is 0.104. The maximum absolute atomic E-state index is 12.5. The number of hydrogen-bond donors (Lipinski definition) is 0. The van der Waals surface area contributed by atoms with Crippen molar-refractivity contribution in [2.24, 2.45) is 0 Å². The normalized spacial score (nSPS) is 10.3. The summed E-state index contributed by atoms with van der Waals surface area (Å²) in [6.45, 7) is 2.80. The molecule has 0 aliphatic carbocycles. The second-order valence-electron chi connectivity index (χ2n) is 5.94. The standard InChI is InChI=1S/C21H23BrO5/c1-3-4-5-6-12-26-18-11-10-15(13-17(18)22)21(24)27-20-16(14-23)8-7-9-19(20)25-2/h7-11,13-14H,3-6,12H2,1-2H3. The average molecular weight is 435 g/mol. The first-order chi connectivity index (χ1) is 13.1. The van der Waals surface area contributed by atoms with Gasteiger partial charge in [0.2, 0.25) is 0 Å². The zero-order chi connectivity index (χ0) is 19.6. The van der Waals surface area contributed by atoms with Gasteiger partial charge in [0.25, 0.3) is 0 Å². The molecule has 0 saturated carbocycles. The predicted octanol–water partition coefficient (Wildman–Crippen LogP) is 5.45. The Bertz CT molecular complexity index is 788. The summed E-state index contributed by atoms with van der Waals surface area (Å²) in [6.07, 6.45) is 5.12. The van der Waals surface area contributed by atoms with Crippen LogP contribution in [0.5, 0.6) is 17.2 Å². The van der Waals surface area contributed by atoms with Gasteiger partial charge in [-0.2, -0.15) is 0 Å². The Morgan fingerprint density at radius 1 is 1.11 bits per heavy atom. The van der Waals surface area contributed by atoms with E-state index in [1.54, 1.807) is 36.4 Å². The fourth-order valence-corrected chi connectivity index (χ4v) is 3.00. The Balaban J connectivity index is 2.07. The van der Waals surface area contributed by atoms with Crippen LogP contribution >= 0.6 is 15.9 Å². The van der Waals surface area contributed by atoms with Gasteiger partial charge in [-0.05, 0) is 52.7 Å². The number of esters is 1. The van der Waals surface area contributed by atoms with Crippen molar-refractivity contribution in [3.8, 4) is 17.2 Å². The highest BCUT2D eigenvalue weighted by Crippen LogP contribution is 2.32. The molecular formula is C21H23BrO5. The molecule has 27 heavy (non-hydrogen) atoms. The molecule has 0 spiro atoms. The highest BCUT2D eigenvalue weighted by atomic mass is 79.9. The van der Waals surface area contributed by atoms with Crippen LogP contribution in [0.15, 0.2) is 40.9 Å². The molecule has 0 heterocycles. The van der Waals surface area contributed by atoms with Gasteiger partial charge in [0.1, 0.15) is 5.75 Å². The summed E-state index contributed by atoms with van der Waals surface area (Å²) in [4.78, 5) is 23.7. The molecule has 2 rings (SSSR count). The van der Waals surface area contributed by atoms with Gasteiger partial charge in [0.05, 0.1) is 29.3 Å². The largest absolute Gasteiger partial charge is 0.493 e. The van der Waals surface area contributed by atoms with Crippen LogP contribution in [-0.4, -0.2) is 26.0 Å². The molecule has 0 N–H and O–H groups in total. The van der Waals surface area contributed by atoms with Gasteiger partial charge < -0.3 is 14.2 Å². The van der Waals surface area contributed by atoms with Crippen molar-refractivity contribution >= 4 is 28.2 Å². The van der Waals surface area contributed by atoms with Crippen LogP contribution in [0.4, 0.5) is 0 Å². The first-order valence-electron chi connectivity index (χ1n) is 8.87. The van der Waals surface area contributed by atoms with E-state index in [0.29, 0.717) is 34.4 Å². The lowest BCUT2D eigenvalue weighted by atomic mass is 10.2. The molecule has 0 radical (unpaired) electrons. The second kappa shape index (κ2) is 10.7. The Hall–Kier alpha value is -2.34. The Morgan fingerprint density at radius 3 is 2.59 bits per heavy atom. The molecule has 0 amide bonds. The molecule has 0 aliphatic rings. The number of rotatable bonds is 10. The highest BCUT2D eigenvalue weighted by molar-refractivity contribution is 9.10. The van der Waals surface area contributed by atoms with Crippen molar-refractivity contribution in [2.45, 2.75) is 32.6 Å². The molecule has 0 aromatic heterocycles. The molecule has 0 aliphatic heterocycles. The highest BCUT2D eigenvalue weighted by Gasteiger charge is 2.17. The van der Waals surface area contributed by atoms with Gasteiger partial charge in [-0.3, -0.25) is 4.79 Å². The molecule has 2 aromatic rings. The lowest BCUT2D eigenvalue weighted by Crippen LogP contribution is -2.11. The Labute approximate surface area is 167 Å². The maximum atomic E-state index is 12.5. The number of hydrogen-bond acceptors (Lipinski definition) is 5. The third-order valence-electron chi connectivity index (χ3n) is 3.97. The molecule has 6 heteroatoms. The molecule has 2 aromatic carbocycles. The Kier molecular flexibility index (Phi) is 8.33. The summed E-state index contributed by atoms with van der Waals surface area (Å²) < 4.78 is 17.0. The quantitative estimate of drug-likeness (QED) is 0.215. The first-order valence-corrected chi connectivity index (χ1v) is 9.66. The van der Waals surface area contributed by atoms with Crippen molar-refractivity contribution in [1.29, 1.82) is 0 Å². The number of methoxy groups -OCH3 is 1. The van der Waals surface area contributed by atoms with Crippen LogP contribution in [0.3, 0.4) is 0 Å². The van der Waals surface area contributed by atoms with Crippen molar-refractivity contribution in [1.82, 2.24) is 0 Å². The van der Waals surface area contributed by atoms with Gasteiger partial charge >= 0.3 is 5.97 Å². The monoisotopic (exact) mass is 434 g/mol. The topological polar surface area (TPSA) is 61.8 Å². The fourth-order valence-electron chi connectivity index (χ4n) is 2.50. The van der Waals surface area contributed by atoms with Crippen molar-refractivity contribution < 1.29 is 23.8 Å². The van der Waals surface area contributed by atoms with Crippen LogP contribution in [0, 0.1) is 0 Å². The van der Waals surface area contributed by atoms with E-state index in [1.807, 2.05) is 0 Å². The summed E-state index contributed by atoms with van der Waals surface area (Å²) in [5, 5.41) is 0. The summed E-state index contributed by atoms with van der Waals surface area (Å²) in [7, 11) is 1.45. The van der Waals surface area contributed by atoms with Crippen molar-refractivity contribution in [3.63, 3.8) is 0 Å². The smallest absolute Gasteiger partial charge is 0.343 e. The molecule has 0 unspecified atom stereocenters. The summed E-state index contributed by atoms with van der Waals surface area (Å²) >= 11 is 3.43. The lowest BCUT2D eigenvalue weighted by molar-refractivity contribution is 0.0728. The van der Waals surface area contributed by atoms with Crippen molar-refractivity contribution in [3.05, 3.63) is 52.0 Å². The number of unbranched alkanes of at least 4 members (excludes halogenated alkanes) is 3. The van der Waals surface area contributed by atoms with Gasteiger partial charge in [-0.1, -0.05) is 32.3 Å². The van der Waals surface area contributed by atoms with Gasteiger partial charge in [0.15, 0.2) is 17.8 Å². The third kappa shape index (κ3) is 5.82. The summed E-state index contributed by atoms with van der Waals surface area (Å²) in [6, 6.07) is 9.83. The van der Waals surface area contributed by atoms with Crippen LogP contribution in [0.1, 0.15) is 53.3 Å². The maximum Gasteiger partial charge on any atom is 0.343 e. The van der Waals surface area contributed by atoms with Crippen LogP contribution < -0.4 is 14.2 Å². The van der Waals surface area contributed by atoms with Gasteiger partial charge in [-0.25, -0.2) is 4.79 Å². The SMILES string of the molecule is CCCCCCOc1ccc(C(=O)Oc2c(C=O)cccc2OC)cc1Br. The molecule has 0 saturated heterocycles. The van der Waals surface area contributed by atoms with E-state index in [-0.39, 0.29) is 11.3 Å². The molecular weight excluding hydrogens is 412 g/mol. The van der Waals surface area contributed by atoms with E-state index in [0.717, 1.165) is 12.8 Å². The molecule has 0 fully saturated rings. The minimum atomic E-state index is -0.585. The van der Waals surface area contributed by atoms with Gasteiger partial charge in [0, 0.05) is 0 Å². The number of carbonyl (C=O) groups excluding carboxylic acids is 2. The molecule has 0 bridgehead atoms. The number of halogens is 1. The number of aldehydes is 1. The van der Waals surface area contributed by atoms with E-state index < -0.39 is 5.97 Å². The fraction of sp³-hybridized carbons (Fsp3) is 0.333. The van der Waals surface area contributed by atoms with E-state index in [2.05, 4.69) is 22.9 Å². The number of ether oxygens (including phenoxy) is 3. The average Bonchev–Trinajstić information content (AvgIpc) is 2.68. The first kappa shape index (κ1) is 21.0. The van der Waals surface area contributed by atoms with Gasteiger partial charge in [-0.15, -0.1) is 0 Å². The van der Waals surface area contributed by atoms with Crippen LogP contribution in [0.25, 0.3) is 0 Å². The van der Waals surface area contributed by atoms with E-state index in [4.69, 9.17) is 14.2 Å². The molecule has 144 valence electrons. The third-order valence-corrected chi connectivity index (χ3v) is 4.59. The second-order valence-corrected chi connectivity index (χ2v) is 6.79. The van der Waals surface area contributed by atoms with Crippen LogP contribution in [0.2, 0.25) is 0 Å². The molecule has 0 atom stereocenters. The number of benzene rings is 2. The number of para-hydroxylation sites is 1. The van der Waals surface area contributed by atoms with Crippen LogP contribution in [-0.2, 0) is 0 Å². The van der Waals surface area contributed by atoms with Crippen molar-refractivity contribution in [2.75, 3.05) is 13.7 Å². The summed E-state index contributed by atoms with van der Waals surface area (Å²) in [5.74, 6) is 0.512. The zero-order valence-electron chi connectivity index (χ0n) is 15.5. The predicted molar refractivity (Wildman–Crippen MR) is 107 cm³/mol. The van der Waals surface area contributed by atoms with E-state index in [1.165, 1.54) is 20.0 Å². The lowest BCUT2D eigenvalue weighted by Gasteiger charge is -2.12. The minimum Gasteiger partial charge on any atom is -0.493 e.